The van der Waals surface area contributed by atoms with Gasteiger partial charge in [0.2, 0.25) is 0 Å². The minimum atomic E-state index is -0.145. The van der Waals surface area contributed by atoms with Crippen LogP contribution in [0.15, 0.2) is 27.1 Å². The second kappa shape index (κ2) is 6.86. The van der Waals surface area contributed by atoms with Crippen LogP contribution in [0.3, 0.4) is 0 Å². The number of hydrogen-bond donors (Lipinski definition) is 2. The summed E-state index contributed by atoms with van der Waals surface area (Å²) in [6.07, 6.45) is 3.53. The van der Waals surface area contributed by atoms with Crippen molar-refractivity contribution in [1.82, 2.24) is 5.32 Å². The molecular formula is C14H17Br2NO2. The molecule has 0 radical (unpaired) electrons. The van der Waals surface area contributed by atoms with Gasteiger partial charge in [0.05, 0.1) is 6.10 Å². The molecule has 1 aliphatic carbocycles. The van der Waals surface area contributed by atoms with Gasteiger partial charge in [-0.1, -0.05) is 31.9 Å². The normalized spacial score (nSPS) is 23.1. The number of carbonyl (C=O) groups excluding carboxylic acids is 1. The van der Waals surface area contributed by atoms with E-state index in [0.717, 1.165) is 34.6 Å². The van der Waals surface area contributed by atoms with Crippen LogP contribution < -0.4 is 5.32 Å². The quantitative estimate of drug-likeness (QED) is 0.829. The first kappa shape index (κ1) is 15.0. The zero-order chi connectivity index (χ0) is 13.8. The molecule has 2 N–H and O–H groups in total. The third kappa shape index (κ3) is 4.58. The Morgan fingerprint density at radius 3 is 2.32 bits per heavy atom. The second-order valence-electron chi connectivity index (χ2n) is 5.04. The minimum Gasteiger partial charge on any atom is -0.393 e. The second-order valence-corrected chi connectivity index (χ2v) is 6.87. The van der Waals surface area contributed by atoms with Crippen LogP contribution in [0.25, 0.3) is 0 Å². The number of nitrogens with one attached hydrogen (secondary N) is 1. The number of aliphatic hydroxyl groups is 1. The summed E-state index contributed by atoms with van der Waals surface area (Å²) in [7, 11) is 0. The molecular weight excluding hydrogens is 374 g/mol. The van der Waals surface area contributed by atoms with Gasteiger partial charge in [0.15, 0.2) is 0 Å². The smallest absolute Gasteiger partial charge is 0.251 e. The largest absolute Gasteiger partial charge is 0.393 e. The zero-order valence-corrected chi connectivity index (χ0v) is 13.7. The van der Waals surface area contributed by atoms with E-state index in [9.17, 15) is 9.90 Å². The van der Waals surface area contributed by atoms with E-state index in [1.807, 2.05) is 18.2 Å². The molecule has 3 nitrogen and oxygen atoms in total. The van der Waals surface area contributed by atoms with Crippen LogP contribution in [0.4, 0.5) is 0 Å². The molecule has 1 saturated carbocycles. The summed E-state index contributed by atoms with van der Waals surface area (Å²) < 4.78 is 1.76. The molecule has 0 aromatic heterocycles. The summed E-state index contributed by atoms with van der Waals surface area (Å²) in [4.78, 5) is 12.1. The van der Waals surface area contributed by atoms with Crippen molar-refractivity contribution in [2.24, 2.45) is 5.92 Å². The van der Waals surface area contributed by atoms with Gasteiger partial charge in [-0.3, -0.25) is 4.79 Å². The number of aliphatic hydroxyl groups excluding tert-OH is 1. The van der Waals surface area contributed by atoms with Gasteiger partial charge < -0.3 is 10.4 Å². The Kier molecular flexibility index (Phi) is 5.42. The Balaban J connectivity index is 1.87. The van der Waals surface area contributed by atoms with Gasteiger partial charge in [-0.15, -0.1) is 0 Å². The zero-order valence-electron chi connectivity index (χ0n) is 10.5. The Morgan fingerprint density at radius 2 is 1.74 bits per heavy atom. The Labute approximate surface area is 130 Å². The van der Waals surface area contributed by atoms with Gasteiger partial charge in [0.25, 0.3) is 5.91 Å². The topological polar surface area (TPSA) is 49.3 Å². The third-order valence-corrected chi connectivity index (χ3v) is 4.41. The van der Waals surface area contributed by atoms with Crippen molar-refractivity contribution in [3.8, 4) is 0 Å². The standard InChI is InChI=1S/C14H17Br2NO2/c15-11-5-10(6-12(16)7-11)14(19)17-8-9-1-3-13(18)4-2-9/h5-7,9,13,18H,1-4,8H2,(H,17,19). The van der Waals surface area contributed by atoms with Gasteiger partial charge in [-0.2, -0.15) is 0 Å². The van der Waals surface area contributed by atoms with E-state index in [1.165, 1.54) is 0 Å². The summed E-state index contributed by atoms with van der Waals surface area (Å²) >= 11 is 6.76. The predicted octanol–water partition coefficient (Wildman–Crippen LogP) is 3.49. The highest BCUT2D eigenvalue weighted by molar-refractivity contribution is 9.11. The molecule has 5 heteroatoms. The van der Waals surface area contributed by atoms with Gasteiger partial charge in [0, 0.05) is 21.1 Å². The maximum atomic E-state index is 12.1. The van der Waals surface area contributed by atoms with Crippen molar-refractivity contribution in [1.29, 1.82) is 0 Å². The van der Waals surface area contributed by atoms with Gasteiger partial charge in [-0.25, -0.2) is 0 Å². The fourth-order valence-electron chi connectivity index (χ4n) is 2.37. The van der Waals surface area contributed by atoms with Gasteiger partial charge in [-0.05, 0) is 49.8 Å². The number of carbonyl (C=O) groups is 1. The van der Waals surface area contributed by atoms with E-state index in [-0.39, 0.29) is 12.0 Å². The van der Waals surface area contributed by atoms with Crippen molar-refractivity contribution in [2.45, 2.75) is 31.8 Å². The van der Waals surface area contributed by atoms with Crippen molar-refractivity contribution in [2.75, 3.05) is 6.54 Å². The lowest BCUT2D eigenvalue weighted by molar-refractivity contribution is 0.0910. The molecule has 0 atom stereocenters. The average Bonchev–Trinajstić information content (AvgIpc) is 2.36. The van der Waals surface area contributed by atoms with E-state index >= 15 is 0 Å². The first-order valence-electron chi connectivity index (χ1n) is 6.47. The lowest BCUT2D eigenvalue weighted by Gasteiger charge is -2.25. The molecule has 104 valence electrons. The molecule has 0 heterocycles. The Morgan fingerprint density at radius 1 is 1.16 bits per heavy atom. The highest BCUT2D eigenvalue weighted by Gasteiger charge is 2.20. The number of rotatable bonds is 3. The first-order valence-corrected chi connectivity index (χ1v) is 8.05. The molecule has 0 unspecified atom stereocenters. The van der Waals surface area contributed by atoms with Crippen molar-refractivity contribution in [3.05, 3.63) is 32.7 Å². The average molecular weight is 391 g/mol. The highest BCUT2D eigenvalue weighted by Crippen LogP contribution is 2.24. The van der Waals surface area contributed by atoms with Gasteiger partial charge >= 0.3 is 0 Å². The van der Waals surface area contributed by atoms with Crippen LogP contribution in [0, 0.1) is 5.92 Å². The molecule has 0 bridgehead atoms. The molecule has 1 aromatic carbocycles. The van der Waals surface area contributed by atoms with Crippen LogP contribution in [-0.2, 0) is 0 Å². The van der Waals surface area contributed by atoms with Crippen molar-refractivity contribution in [3.63, 3.8) is 0 Å². The lowest BCUT2D eigenvalue weighted by Crippen LogP contribution is -2.32. The summed E-state index contributed by atoms with van der Waals surface area (Å²) in [5, 5.41) is 12.4. The molecule has 1 amide bonds. The van der Waals surface area contributed by atoms with E-state index in [0.29, 0.717) is 18.0 Å². The first-order chi connectivity index (χ1) is 9.04. The number of amides is 1. The van der Waals surface area contributed by atoms with E-state index in [2.05, 4.69) is 37.2 Å². The maximum Gasteiger partial charge on any atom is 0.251 e. The predicted molar refractivity (Wildman–Crippen MR) is 82.1 cm³/mol. The van der Waals surface area contributed by atoms with Crippen LogP contribution in [0.2, 0.25) is 0 Å². The fraction of sp³-hybridized carbons (Fsp3) is 0.500. The van der Waals surface area contributed by atoms with E-state index < -0.39 is 0 Å². The monoisotopic (exact) mass is 389 g/mol. The summed E-state index contributed by atoms with van der Waals surface area (Å²) in [5.41, 5.74) is 0.650. The number of halogens is 2. The molecule has 1 aliphatic rings. The summed E-state index contributed by atoms with van der Waals surface area (Å²) in [6.45, 7) is 0.690. The van der Waals surface area contributed by atoms with Gasteiger partial charge in [0.1, 0.15) is 0 Å². The fourth-order valence-corrected chi connectivity index (χ4v) is 3.67. The third-order valence-electron chi connectivity index (χ3n) is 3.49. The Hall–Kier alpha value is -0.390. The van der Waals surface area contributed by atoms with Crippen LogP contribution in [0.1, 0.15) is 36.0 Å². The van der Waals surface area contributed by atoms with Crippen LogP contribution in [0.5, 0.6) is 0 Å². The molecule has 19 heavy (non-hydrogen) atoms. The number of benzene rings is 1. The molecule has 1 aromatic rings. The van der Waals surface area contributed by atoms with Crippen LogP contribution >= 0.6 is 31.9 Å². The molecule has 0 aliphatic heterocycles. The summed E-state index contributed by atoms with van der Waals surface area (Å²) in [5.74, 6) is 0.441. The minimum absolute atomic E-state index is 0.0480. The highest BCUT2D eigenvalue weighted by atomic mass is 79.9. The molecule has 0 spiro atoms. The molecule has 2 rings (SSSR count). The van der Waals surface area contributed by atoms with Crippen LogP contribution in [-0.4, -0.2) is 23.7 Å². The van der Waals surface area contributed by atoms with Crippen molar-refractivity contribution < 1.29 is 9.90 Å². The van der Waals surface area contributed by atoms with E-state index in [4.69, 9.17) is 0 Å². The number of hydrogen-bond acceptors (Lipinski definition) is 2. The SMILES string of the molecule is O=C(NCC1CCC(O)CC1)c1cc(Br)cc(Br)c1. The Bertz CT molecular complexity index is 437. The maximum absolute atomic E-state index is 12.1. The van der Waals surface area contributed by atoms with Crippen molar-refractivity contribution >= 4 is 37.8 Å². The summed E-state index contributed by atoms with van der Waals surface area (Å²) in [6, 6.07) is 5.52. The molecule has 0 saturated heterocycles. The molecule has 1 fully saturated rings. The van der Waals surface area contributed by atoms with E-state index in [1.54, 1.807) is 0 Å². The lowest BCUT2D eigenvalue weighted by atomic mass is 9.87.